The number of hydrogen-bond acceptors (Lipinski definition) is 1. The Morgan fingerprint density at radius 1 is 0.476 bits per heavy atom. The van der Waals surface area contributed by atoms with Gasteiger partial charge in [0.25, 0.3) is 0 Å². The van der Waals surface area contributed by atoms with E-state index in [9.17, 15) is 0 Å². The topological polar surface area (TPSA) is 12.4 Å². The number of rotatable bonds is 3. The van der Waals surface area contributed by atoms with Gasteiger partial charge in [-0.3, -0.25) is 4.99 Å². The highest BCUT2D eigenvalue weighted by Crippen LogP contribution is 2.60. The quantitative estimate of drug-likeness (QED) is 0.248. The van der Waals surface area contributed by atoms with E-state index in [2.05, 4.69) is 146 Å². The van der Waals surface area contributed by atoms with Crippen LogP contribution < -0.4 is 0 Å². The van der Waals surface area contributed by atoms with Gasteiger partial charge in [0.2, 0.25) is 0 Å². The Balaban J connectivity index is 1.39. The molecule has 9 rings (SSSR count). The van der Waals surface area contributed by atoms with E-state index >= 15 is 0 Å². The van der Waals surface area contributed by atoms with Crippen LogP contribution in [-0.2, 0) is 0 Å². The molecule has 0 fully saturated rings. The number of dihydropyridines is 1. The van der Waals surface area contributed by atoms with E-state index in [1.54, 1.807) is 0 Å². The van der Waals surface area contributed by atoms with Gasteiger partial charge in [0.1, 0.15) is 0 Å². The van der Waals surface area contributed by atoms with Gasteiger partial charge < -0.3 is 0 Å². The molecule has 0 spiro atoms. The summed E-state index contributed by atoms with van der Waals surface area (Å²) in [6, 6.07) is 34.0. The standard InChI is InChI=1S/C41H29N/c1-3-12-26(13-4-1)37-32-16-7-8-17-33(32)38(27-14-5-2-6-15-27)41-35-24-23-29(31-19-9-20-34(39(31)35)40(37)41)28-18-10-22-36-30(28)21-11-25-42-36/h1-25,30,32-33,36H. The molecule has 1 aliphatic heterocycles. The maximum absolute atomic E-state index is 4.77. The summed E-state index contributed by atoms with van der Waals surface area (Å²) in [5.74, 6) is 0.803. The molecule has 1 heterocycles. The van der Waals surface area contributed by atoms with Gasteiger partial charge in [-0.15, -0.1) is 0 Å². The van der Waals surface area contributed by atoms with Gasteiger partial charge in [0.05, 0.1) is 6.04 Å². The summed E-state index contributed by atoms with van der Waals surface area (Å²) in [6.07, 6.45) is 22.4. The highest BCUT2D eigenvalue weighted by molar-refractivity contribution is 6.34. The number of nitrogens with zero attached hydrogens (tertiary/aromatic N) is 1. The van der Waals surface area contributed by atoms with Crippen molar-refractivity contribution in [2.24, 2.45) is 22.7 Å². The maximum atomic E-state index is 4.77. The third-order valence-corrected chi connectivity index (χ3v) is 9.62. The summed E-state index contributed by atoms with van der Waals surface area (Å²) < 4.78 is 0. The van der Waals surface area contributed by atoms with Crippen LogP contribution in [0, 0.1) is 17.8 Å². The molecule has 0 radical (unpaired) electrons. The van der Waals surface area contributed by atoms with E-state index in [1.807, 2.05) is 6.21 Å². The minimum absolute atomic E-state index is 0.169. The fourth-order valence-electron chi connectivity index (χ4n) is 7.94. The predicted octanol–water partition coefficient (Wildman–Crippen LogP) is 9.63. The molecule has 1 heteroatoms. The van der Waals surface area contributed by atoms with Crippen molar-refractivity contribution in [3.63, 3.8) is 0 Å². The molecule has 4 aromatic rings. The van der Waals surface area contributed by atoms with Gasteiger partial charge in [-0.05, 0) is 72.5 Å². The number of aliphatic imine (C=N–C) groups is 1. The number of hydrogen-bond donors (Lipinski definition) is 0. The molecule has 4 aromatic carbocycles. The molecule has 5 aliphatic rings. The third kappa shape index (κ3) is 3.34. The smallest absolute Gasteiger partial charge is 0.0786 e. The zero-order valence-corrected chi connectivity index (χ0v) is 23.2. The predicted molar refractivity (Wildman–Crippen MR) is 178 cm³/mol. The van der Waals surface area contributed by atoms with Crippen molar-refractivity contribution in [3.05, 3.63) is 173 Å². The fourth-order valence-corrected chi connectivity index (χ4v) is 7.94. The second-order valence-electron chi connectivity index (χ2n) is 11.7. The highest BCUT2D eigenvalue weighted by atomic mass is 14.8. The first-order chi connectivity index (χ1) is 20.9. The first-order valence-corrected chi connectivity index (χ1v) is 15.0. The normalized spacial score (nSPS) is 24.6. The zero-order valence-electron chi connectivity index (χ0n) is 23.2. The molecule has 0 bridgehead atoms. The van der Waals surface area contributed by atoms with Crippen LogP contribution in [0.4, 0.5) is 0 Å². The lowest BCUT2D eigenvalue weighted by Gasteiger charge is -2.37. The second kappa shape index (κ2) is 9.26. The van der Waals surface area contributed by atoms with E-state index in [0.29, 0.717) is 0 Å². The van der Waals surface area contributed by atoms with E-state index in [-0.39, 0.29) is 23.8 Å². The van der Waals surface area contributed by atoms with Crippen LogP contribution in [0.2, 0.25) is 0 Å². The number of benzene rings is 4. The van der Waals surface area contributed by atoms with Gasteiger partial charge in [0, 0.05) is 24.0 Å². The van der Waals surface area contributed by atoms with Gasteiger partial charge in [-0.25, -0.2) is 0 Å². The van der Waals surface area contributed by atoms with Gasteiger partial charge >= 0.3 is 0 Å². The van der Waals surface area contributed by atoms with Crippen molar-refractivity contribution in [3.8, 4) is 0 Å². The van der Waals surface area contributed by atoms with Gasteiger partial charge in [-0.1, -0.05) is 140 Å². The van der Waals surface area contributed by atoms with E-state index in [4.69, 9.17) is 4.99 Å². The summed E-state index contributed by atoms with van der Waals surface area (Å²) in [5.41, 5.74) is 13.7. The Morgan fingerprint density at radius 2 is 1.10 bits per heavy atom. The summed E-state index contributed by atoms with van der Waals surface area (Å²) in [6.45, 7) is 0. The van der Waals surface area contributed by atoms with E-state index in [0.717, 1.165) is 0 Å². The lowest BCUT2D eigenvalue weighted by atomic mass is 9.66. The molecular formula is C41H29N. The molecule has 0 N–H and O–H groups in total. The van der Waals surface area contributed by atoms with Crippen LogP contribution in [0.25, 0.3) is 38.6 Å². The SMILES string of the molecule is C1=CC2N=CC=CC2C(c2ccc3c4c(cccc24)C2=C(c4ccccc4)C4C=CC=CC4C(c4ccccc4)=C23)=C1. The van der Waals surface area contributed by atoms with Gasteiger partial charge in [0.15, 0.2) is 0 Å². The summed E-state index contributed by atoms with van der Waals surface area (Å²) in [7, 11) is 0. The lowest BCUT2D eigenvalue weighted by molar-refractivity contribution is 0.699. The Kier molecular flexibility index (Phi) is 5.22. The summed E-state index contributed by atoms with van der Waals surface area (Å²) in [5, 5.41) is 2.71. The minimum Gasteiger partial charge on any atom is -0.285 e. The van der Waals surface area contributed by atoms with Crippen LogP contribution in [0.1, 0.15) is 27.8 Å². The van der Waals surface area contributed by atoms with Crippen molar-refractivity contribution in [1.82, 2.24) is 0 Å². The molecule has 0 amide bonds. The molecule has 4 aliphatic carbocycles. The van der Waals surface area contributed by atoms with Crippen molar-refractivity contribution in [2.45, 2.75) is 6.04 Å². The average molecular weight is 536 g/mol. The largest absolute Gasteiger partial charge is 0.285 e. The zero-order chi connectivity index (χ0) is 27.6. The minimum atomic E-state index is 0.169. The Bertz CT molecular complexity index is 1940. The van der Waals surface area contributed by atoms with Crippen molar-refractivity contribution < 1.29 is 0 Å². The fraction of sp³-hybridized carbons (Fsp3) is 0.0976. The van der Waals surface area contributed by atoms with Crippen molar-refractivity contribution in [2.75, 3.05) is 0 Å². The molecule has 0 aromatic heterocycles. The lowest BCUT2D eigenvalue weighted by Crippen LogP contribution is -2.22. The van der Waals surface area contributed by atoms with E-state index < -0.39 is 0 Å². The van der Waals surface area contributed by atoms with E-state index in [1.165, 1.54) is 66.5 Å². The Morgan fingerprint density at radius 3 is 1.79 bits per heavy atom. The summed E-state index contributed by atoms with van der Waals surface area (Å²) in [4.78, 5) is 4.77. The van der Waals surface area contributed by atoms with Crippen molar-refractivity contribution in [1.29, 1.82) is 0 Å². The van der Waals surface area contributed by atoms with Crippen LogP contribution in [0.5, 0.6) is 0 Å². The van der Waals surface area contributed by atoms with Crippen LogP contribution >= 0.6 is 0 Å². The molecule has 0 saturated heterocycles. The molecule has 1 nitrogen and oxygen atoms in total. The second-order valence-corrected chi connectivity index (χ2v) is 11.7. The number of fused-ring (bicyclic) bond motifs is 5. The first kappa shape index (κ1) is 23.7. The molecule has 42 heavy (non-hydrogen) atoms. The van der Waals surface area contributed by atoms with Gasteiger partial charge in [-0.2, -0.15) is 0 Å². The highest BCUT2D eigenvalue weighted by Gasteiger charge is 2.41. The molecular weight excluding hydrogens is 506 g/mol. The van der Waals surface area contributed by atoms with Crippen molar-refractivity contribution >= 4 is 44.9 Å². The molecule has 4 unspecified atom stereocenters. The van der Waals surface area contributed by atoms with Crippen LogP contribution in [0.15, 0.2) is 151 Å². The van der Waals surface area contributed by atoms with Crippen LogP contribution in [0.3, 0.4) is 0 Å². The molecule has 198 valence electrons. The third-order valence-electron chi connectivity index (χ3n) is 9.62. The monoisotopic (exact) mass is 535 g/mol. The Labute approximate surface area is 246 Å². The maximum Gasteiger partial charge on any atom is 0.0786 e. The Hall–Kier alpha value is -5.01. The number of allylic oxidation sites excluding steroid dienone is 11. The van der Waals surface area contributed by atoms with Crippen LogP contribution in [-0.4, -0.2) is 12.3 Å². The average Bonchev–Trinajstić information content (AvgIpc) is 3.39. The molecule has 0 saturated carbocycles. The first-order valence-electron chi connectivity index (χ1n) is 15.0. The molecule has 4 atom stereocenters. The summed E-state index contributed by atoms with van der Waals surface area (Å²) >= 11 is 0.